The summed E-state index contributed by atoms with van der Waals surface area (Å²) in [6, 6.07) is 5.41. The van der Waals surface area contributed by atoms with Crippen molar-refractivity contribution < 1.29 is 24.8 Å². The van der Waals surface area contributed by atoms with E-state index < -0.39 is 24.4 Å². The first kappa shape index (κ1) is 14.7. The SMILES string of the molecule is COc1ccc(Br)cc1C1O[C@H](CO)C(O)C[C@@H]1O. The van der Waals surface area contributed by atoms with Crippen molar-refractivity contribution in [2.45, 2.75) is 30.8 Å². The highest BCUT2D eigenvalue weighted by molar-refractivity contribution is 9.10. The summed E-state index contributed by atoms with van der Waals surface area (Å²) >= 11 is 3.36. The zero-order valence-corrected chi connectivity index (χ0v) is 12.1. The molecule has 0 saturated carbocycles. The van der Waals surface area contributed by atoms with Gasteiger partial charge in [0.25, 0.3) is 0 Å². The summed E-state index contributed by atoms with van der Waals surface area (Å²) in [5.41, 5.74) is 0.690. The summed E-state index contributed by atoms with van der Waals surface area (Å²) in [5, 5.41) is 29.0. The fourth-order valence-corrected chi connectivity index (χ4v) is 2.64. The highest BCUT2D eigenvalue weighted by Gasteiger charge is 2.38. The Kier molecular flexibility index (Phi) is 4.81. The number of hydrogen-bond donors (Lipinski definition) is 3. The maximum atomic E-state index is 10.1. The third-order valence-electron chi connectivity index (χ3n) is 3.26. The second-order valence-corrected chi connectivity index (χ2v) is 5.45. The largest absolute Gasteiger partial charge is 0.496 e. The molecule has 4 atom stereocenters. The number of aliphatic hydroxyl groups excluding tert-OH is 3. The Hall–Kier alpha value is -0.660. The van der Waals surface area contributed by atoms with Crippen LogP contribution >= 0.6 is 15.9 Å². The lowest BCUT2D eigenvalue weighted by Gasteiger charge is -2.37. The van der Waals surface area contributed by atoms with Gasteiger partial charge in [-0.1, -0.05) is 15.9 Å². The van der Waals surface area contributed by atoms with Crippen molar-refractivity contribution in [1.82, 2.24) is 0 Å². The monoisotopic (exact) mass is 332 g/mol. The van der Waals surface area contributed by atoms with Gasteiger partial charge >= 0.3 is 0 Å². The molecule has 6 heteroatoms. The lowest BCUT2D eigenvalue weighted by Crippen LogP contribution is -2.44. The molecule has 19 heavy (non-hydrogen) atoms. The van der Waals surface area contributed by atoms with Gasteiger partial charge in [0.15, 0.2) is 0 Å². The molecule has 0 aromatic heterocycles. The van der Waals surface area contributed by atoms with E-state index in [-0.39, 0.29) is 13.0 Å². The van der Waals surface area contributed by atoms with E-state index in [1.165, 1.54) is 0 Å². The second-order valence-electron chi connectivity index (χ2n) is 4.53. The lowest BCUT2D eigenvalue weighted by atomic mass is 9.93. The van der Waals surface area contributed by atoms with Gasteiger partial charge in [-0.15, -0.1) is 0 Å². The van der Waals surface area contributed by atoms with E-state index in [0.29, 0.717) is 11.3 Å². The normalized spacial score (nSPS) is 31.2. The molecule has 2 rings (SSSR count). The van der Waals surface area contributed by atoms with E-state index in [4.69, 9.17) is 9.47 Å². The van der Waals surface area contributed by atoms with Crippen LogP contribution in [0.2, 0.25) is 0 Å². The molecule has 0 aliphatic carbocycles. The molecule has 1 aromatic rings. The van der Waals surface area contributed by atoms with Crippen LogP contribution in [0.15, 0.2) is 22.7 Å². The van der Waals surface area contributed by atoms with Crippen molar-refractivity contribution in [2.75, 3.05) is 13.7 Å². The van der Waals surface area contributed by atoms with E-state index in [1.54, 1.807) is 19.2 Å². The molecule has 0 radical (unpaired) electrons. The zero-order valence-electron chi connectivity index (χ0n) is 10.5. The minimum atomic E-state index is -0.866. The maximum absolute atomic E-state index is 10.1. The predicted octanol–water partition coefficient (Wildman–Crippen LogP) is 1.00. The molecule has 1 fully saturated rings. The summed E-state index contributed by atoms with van der Waals surface area (Å²) in [4.78, 5) is 0. The standard InChI is InChI=1S/C13H17BrO5/c1-18-11-3-2-7(14)4-8(11)13-10(17)5-9(16)12(6-15)19-13/h2-4,9-10,12-13,15-17H,5-6H2,1H3/t9?,10-,12+,13?/m0/s1. The molecule has 0 bridgehead atoms. The summed E-state index contributed by atoms with van der Waals surface area (Å²) in [6.07, 6.45) is -2.88. The van der Waals surface area contributed by atoms with E-state index in [9.17, 15) is 15.3 Å². The Balaban J connectivity index is 2.31. The minimum absolute atomic E-state index is 0.158. The van der Waals surface area contributed by atoms with Crippen molar-refractivity contribution in [2.24, 2.45) is 0 Å². The molecule has 0 amide bonds. The second kappa shape index (κ2) is 6.19. The third kappa shape index (κ3) is 3.09. The van der Waals surface area contributed by atoms with E-state index in [0.717, 1.165) is 4.47 Å². The summed E-state index contributed by atoms with van der Waals surface area (Å²) in [5.74, 6) is 0.598. The van der Waals surface area contributed by atoms with Crippen molar-refractivity contribution in [3.8, 4) is 5.75 Å². The van der Waals surface area contributed by atoms with E-state index >= 15 is 0 Å². The van der Waals surface area contributed by atoms with Crippen molar-refractivity contribution in [1.29, 1.82) is 0 Å². The molecular weight excluding hydrogens is 316 g/mol. The minimum Gasteiger partial charge on any atom is -0.496 e. The first-order valence-electron chi connectivity index (χ1n) is 6.02. The number of hydrogen-bond acceptors (Lipinski definition) is 5. The molecule has 3 N–H and O–H groups in total. The van der Waals surface area contributed by atoms with E-state index in [2.05, 4.69) is 15.9 Å². The van der Waals surface area contributed by atoms with Crippen LogP contribution in [-0.4, -0.2) is 47.3 Å². The fraction of sp³-hybridized carbons (Fsp3) is 0.538. The average Bonchev–Trinajstić information content (AvgIpc) is 2.39. The van der Waals surface area contributed by atoms with Crippen LogP contribution in [0.3, 0.4) is 0 Å². The summed E-state index contributed by atoms with van der Waals surface area (Å²) in [7, 11) is 1.54. The van der Waals surface area contributed by atoms with Crippen LogP contribution < -0.4 is 4.74 Å². The Morgan fingerprint density at radius 3 is 2.74 bits per heavy atom. The van der Waals surface area contributed by atoms with Gasteiger partial charge < -0.3 is 24.8 Å². The van der Waals surface area contributed by atoms with Crippen LogP contribution in [0.1, 0.15) is 18.1 Å². The highest BCUT2D eigenvalue weighted by Crippen LogP contribution is 2.37. The fourth-order valence-electron chi connectivity index (χ4n) is 2.27. The van der Waals surface area contributed by atoms with Crippen molar-refractivity contribution in [3.05, 3.63) is 28.2 Å². The van der Waals surface area contributed by atoms with Gasteiger partial charge in [-0.2, -0.15) is 0 Å². The Morgan fingerprint density at radius 2 is 2.11 bits per heavy atom. The van der Waals surface area contributed by atoms with Gasteiger partial charge in [0.2, 0.25) is 0 Å². The molecule has 1 saturated heterocycles. The van der Waals surface area contributed by atoms with Gasteiger partial charge in [0.1, 0.15) is 18.0 Å². The topological polar surface area (TPSA) is 79.2 Å². The van der Waals surface area contributed by atoms with Gasteiger partial charge in [-0.25, -0.2) is 0 Å². The number of methoxy groups -OCH3 is 1. The highest BCUT2D eigenvalue weighted by atomic mass is 79.9. The molecule has 1 heterocycles. The molecule has 1 aromatic carbocycles. The third-order valence-corrected chi connectivity index (χ3v) is 3.75. The Morgan fingerprint density at radius 1 is 1.37 bits per heavy atom. The first-order valence-corrected chi connectivity index (χ1v) is 6.82. The number of aliphatic hydroxyl groups is 3. The van der Waals surface area contributed by atoms with Crippen LogP contribution in [0.4, 0.5) is 0 Å². The smallest absolute Gasteiger partial charge is 0.124 e. The molecule has 1 aliphatic rings. The molecule has 1 aliphatic heterocycles. The van der Waals surface area contributed by atoms with Gasteiger partial charge in [-0.3, -0.25) is 0 Å². The molecule has 5 nitrogen and oxygen atoms in total. The van der Waals surface area contributed by atoms with Gasteiger partial charge in [0, 0.05) is 16.5 Å². The van der Waals surface area contributed by atoms with Crippen molar-refractivity contribution in [3.63, 3.8) is 0 Å². The van der Waals surface area contributed by atoms with E-state index in [1.807, 2.05) is 6.07 Å². The lowest BCUT2D eigenvalue weighted by molar-refractivity contribution is -0.182. The number of ether oxygens (including phenoxy) is 2. The number of halogens is 1. The Labute approximate surface area is 119 Å². The van der Waals surface area contributed by atoms with Crippen LogP contribution in [-0.2, 0) is 4.74 Å². The number of benzene rings is 1. The number of rotatable bonds is 3. The summed E-state index contributed by atoms with van der Waals surface area (Å²) in [6.45, 7) is -0.291. The quantitative estimate of drug-likeness (QED) is 0.769. The molecule has 0 spiro atoms. The first-order chi connectivity index (χ1) is 9.06. The van der Waals surface area contributed by atoms with Crippen LogP contribution in [0, 0.1) is 0 Å². The average molecular weight is 333 g/mol. The van der Waals surface area contributed by atoms with Crippen molar-refractivity contribution >= 4 is 15.9 Å². The van der Waals surface area contributed by atoms with Crippen LogP contribution in [0.25, 0.3) is 0 Å². The van der Waals surface area contributed by atoms with Gasteiger partial charge in [-0.05, 0) is 18.2 Å². The maximum Gasteiger partial charge on any atom is 0.124 e. The molecule has 2 unspecified atom stereocenters. The zero-order chi connectivity index (χ0) is 14.0. The molecule has 106 valence electrons. The molecular formula is C13H17BrO5. The van der Waals surface area contributed by atoms with Crippen LogP contribution in [0.5, 0.6) is 5.75 Å². The Bertz CT molecular complexity index is 439. The van der Waals surface area contributed by atoms with Gasteiger partial charge in [0.05, 0.1) is 25.9 Å². The predicted molar refractivity (Wildman–Crippen MR) is 72.0 cm³/mol. The summed E-state index contributed by atoms with van der Waals surface area (Å²) < 4.78 is 11.7.